The Morgan fingerprint density at radius 1 is 1.42 bits per heavy atom. The fourth-order valence-corrected chi connectivity index (χ4v) is 1.79. The molecule has 0 radical (unpaired) electrons. The quantitative estimate of drug-likeness (QED) is 0.571. The van der Waals surface area contributed by atoms with Gasteiger partial charge < -0.3 is 11.5 Å². The normalized spacial score (nSPS) is 21.0. The Kier molecular flexibility index (Phi) is 1.54. The van der Waals surface area contributed by atoms with Gasteiger partial charge in [-0.2, -0.15) is 0 Å². The van der Waals surface area contributed by atoms with Crippen LogP contribution in [0, 0.1) is 5.82 Å². The molecule has 1 aliphatic rings. The molecule has 0 saturated heterocycles. The first kappa shape index (κ1) is 7.55. The van der Waals surface area contributed by atoms with Crippen LogP contribution in [0.1, 0.15) is 23.6 Å². The Balaban J connectivity index is 2.64. The van der Waals surface area contributed by atoms with E-state index in [0.717, 1.165) is 12.0 Å². The topological polar surface area (TPSA) is 52.0 Å². The summed E-state index contributed by atoms with van der Waals surface area (Å²) in [5.41, 5.74) is 13.6. The van der Waals surface area contributed by atoms with Crippen molar-refractivity contribution in [3.05, 3.63) is 29.1 Å². The molecule has 1 aliphatic carbocycles. The molecule has 0 spiro atoms. The zero-order valence-corrected chi connectivity index (χ0v) is 6.68. The Labute approximate surface area is 70.4 Å². The maximum absolute atomic E-state index is 13.1. The largest absolute Gasteiger partial charge is 0.398 e. The SMILES string of the molecule is Nc1ccc(F)c2c1C(N)CC2. The van der Waals surface area contributed by atoms with Crippen molar-refractivity contribution in [2.75, 3.05) is 5.73 Å². The van der Waals surface area contributed by atoms with Crippen LogP contribution in [-0.4, -0.2) is 0 Å². The molecular formula is C9H11FN2. The molecule has 3 heteroatoms. The van der Waals surface area contributed by atoms with Gasteiger partial charge in [-0.05, 0) is 36.1 Å². The second-order valence-electron chi connectivity index (χ2n) is 3.17. The van der Waals surface area contributed by atoms with Crippen molar-refractivity contribution in [2.45, 2.75) is 18.9 Å². The summed E-state index contributed by atoms with van der Waals surface area (Å²) in [4.78, 5) is 0. The van der Waals surface area contributed by atoms with Gasteiger partial charge in [0, 0.05) is 11.7 Å². The molecule has 2 rings (SSSR count). The fraction of sp³-hybridized carbons (Fsp3) is 0.333. The highest BCUT2D eigenvalue weighted by Gasteiger charge is 2.24. The Bertz CT molecular complexity index is 323. The highest BCUT2D eigenvalue weighted by Crippen LogP contribution is 2.34. The summed E-state index contributed by atoms with van der Waals surface area (Å²) in [5.74, 6) is -0.174. The summed E-state index contributed by atoms with van der Waals surface area (Å²) in [6, 6.07) is 2.92. The predicted molar refractivity (Wildman–Crippen MR) is 46.1 cm³/mol. The lowest BCUT2D eigenvalue weighted by molar-refractivity contribution is 0.612. The Morgan fingerprint density at radius 3 is 2.83 bits per heavy atom. The van der Waals surface area contributed by atoms with Crippen LogP contribution < -0.4 is 11.5 Å². The number of fused-ring (bicyclic) bond motifs is 1. The molecule has 0 aromatic heterocycles. The lowest BCUT2D eigenvalue weighted by atomic mass is 10.1. The maximum Gasteiger partial charge on any atom is 0.126 e. The smallest absolute Gasteiger partial charge is 0.126 e. The second-order valence-corrected chi connectivity index (χ2v) is 3.17. The number of benzene rings is 1. The third kappa shape index (κ3) is 0.898. The van der Waals surface area contributed by atoms with E-state index in [1.54, 1.807) is 6.07 Å². The van der Waals surface area contributed by atoms with Gasteiger partial charge in [-0.25, -0.2) is 4.39 Å². The van der Waals surface area contributed by atoms with Crippen molar-refractivity contribution in [1.82, 2.24) is 0 Å². The number of nitrogens with two attached hydrogens (primary N) is 2. The van der Waals surface area contributed by atoms with Crippen molar-refractivity contribution in [1.29, 1.82) is 0 Å². The van der Waals surface area contributed by atoms with Gasteiger partial charge in [0.2, 0.25) is 0 Å². The number of anilines is 1. The summed E-state index contributed by atoms with van der Waals surface area (Å²) in [6.07, 6.45) is 1.52. The molecule has 0 heterocycles. The monoisotopic (exact) mass is 166 g/mol. The van der Waals surface area contributed by atoms with Gasteiger partial charge in [-0.1, -0.05) is 0 Å². The van der Waals surface area contributed by atoms with Gasteiger partial charge >= 0.3 is 0 Å². The molecule has 2 nitrogen and oxygen atoms in total. The minimum Gasteiger partial charge on any atom is -0.398 e. The first-order chi connectivity index (χ1) is 5.70. The first-order valence-electron chi connectivity index (χ1n) is 4.02. The van der Waals surface area contributed by atoms with Crippen LogP contribution in [-0.2, 0) is 6.42 Å². The second kappa shape index (κ2) is 2.45. The summed E-state index contributed by atoms with van der Waals surface area (Å²) in [5, 5.41) is 0. The predicted octanol–water partition coefficient (Wildman–Crippen LogP) is 1.35. The average molecular weight is 166 g/mol. The van der Waals surface area contributed by atoms with E-state index in [0.29, 0.717) is 17.7 Å². The number of rotatable bonds is 0. The number of halogens is 1. The molecule has 12 heavy (non-hydrogen) atoms. The van der Waals surface area contributed by atoms with Crippen molar-refractivity contribution in [2.24, 2.45) is 5.73 Å². The van der Waals surface area contributed by atoms with E-state index in [2.05, 4.69) is 0 Å². The molecule has 4 N–H and O–H groups in total. The van der Waals surface area contributed by atoms with Gasteiger partial charge in [0.05, 0.1) is 0 Å². The van der Waals surface area contributed by atoms with Crippen LogP contribution in [0.25, 0.3) is 0 Å². The third-order valence-electron chi connectivity index (χ3n) is 2.41. The van der Waals surface area contributed by atoms with Crippen molar-refractivity contribution >= 4 is 5.69 Å². The molecule has 1 aromatic rings. The van der Waals surface area contributed by atoms with E-state index in [1.807, 2.05) is 0 Å². The average Bonchev–Trinajstić information content (AvgIpc) is 2.42. The summed E-state index contributed by atoms with van der Waals surface area (Å²) in [6.45, 7) is 0. The summed E-state index contributed by atoms with van der Waals surface area (Å²) >= 11 is 0. The Morgan fingerprint density at radius 2 is 2.17 bits per heavy atom. The van der Waals surface area contributed by atoms with Crippen molar-refractivity contribution in [3.8, 4) is 0 Å². The molecule has 1 aromatic carbocycles. The number of hydrogen-bond donors (Lipinski definition) is 2. The summed E-state index contributed by atoms with van der Waals surface area (Å²) in [7, 11) is 0. The van der Waals surface area contributed by atoms with Crippen LogP contribution in [0.3, 0.4) is 0 Å². The van der Waals surface area contributed by atoms with Gasteiger partial charge in [0.25, 0.3) is 0 Å². The molecule has 64 valence electrons. The van der Waals surface area contributed by atoms with Gasteiger partial charge in [-0.15, -0.1) is 0 Å². The Hall–Kier alpha value is -1.09. The molecule has 1 atom stereocenters. The lowest BCUT2D eigenvalue weighted by Crippen LogP contribution is -2.08. The highest BCUT2D eigenvalue weighted by molar-refractivity contribution is 5.55. The molecule has 1 unspecified atom stereocenters. The zero-order valence-electron chi connectivity index (χ0n) is 6.68. The summed E-state index contributed by atoms with van der Waals surface area (Å²) < 4.78 is 13.1. The first-order valence-corrected chi connectivity index (χ1v) is 4.02. The number of hydrogen-bond acceptors (Lipinski definition) is 2. The van der Waals surface area contributed by atoms with E-state index < -0.39 is 0 Å². The third-order valence-corrected chi connectivity index (χ3v) is 2.41. The van der Waals surface area contributed by atoms with E-state index in [-0.39, 0.29) is 11.9 Å². The standard InChI is InChI=1S/C9H11FN2/c10-6-2-4-8(12)9-5(6)1-3-7(9)11/h2,4,7H,1,3,11-12H2. The van der Waals surface area contributed by atoms with E-state index >= 15 is 0 Å². The van der Waals surface area contributed by atoms with Gasteiger partial charge in [0.1, 0.15) is 5.82 Å². The lowest BCUT2D eigenvalue weighted by Gasteiger charge is -2.08. The van der Waals surface area contributed by atoms with E-state index in [1.165, 1.54) is 6.07 Å². The van der Waals surface area contributed by atoms with Crippen molar-refractivity contribution in [3.63, 3.8) is 0 Å². The van der Waals surface area contributed by atoms with Crippen LogP contribution >= 0.6 is 0 Å². The fourth-order valence-electron chi connectivity index (χ4n) is 1.79. The van der Waals surface area contributed by atoms with Crippen LogP contribution in [0.4, 0.5) is 10.1 Å². The molecule has 0 amide bonds. The molecule has 0 saturated carbocycles. The molecule has 0 bridgehead atoms. The minimum absolute atomic E-state index is 0.0734. The van der Waals surface area contributed by atoms with E-state index in [4.69, 9.17) is 11.5 Å². The zero-order chi connectivity index (χ0) is 8.72. The van der Waals surface area contributed by atoms with Crippen LogP contribution in [0.5, 0.6) is 0 Å². The van der Waals surface area contributed by atoms with Gasteiger partial charge in [0.15, 0.2) is 0 Å². The molecule has 0 aliphatic heterocycles. The maximum atomic E-state index is 13.1. The highest BCUT2D eigenvalue weighted by atomic mass is 19.1. The van der Waals surface area contributed by atoms with E-state index in [9.17, 15) is 4.39 Å². The van der Waals surface area contributed by atoms with Crippen LogP contribution in [0.2, 0.25) is 0 Å². The van der Waals surface area contributed by atoms with Crippen molar-refractivity contribution < 1.29 is 4.39 Å². The minimum atomic E-state index is -0.174. The van der Waals surface area contributed by atoms with Gasteiger partial charge in [-0.3, -0.25) is 0 Å². The molecule has 0 fully saturated rings. The van der Waals surface area contributed by atoms with Crippen LogP contribution in [0.15, 0.2) is 12.1 Å². The number of nitrogen functional groups attached to an aromatic ring is 1. The molecular weight excluding hydrogens is 155 g/mol.